The van der Waals surface area contributed by atoms with Crippen molar-refractivity contribution in [3.63, 3.8) is 0 Å². The molecular formula is C23H24ClNO2. The third kappa shape index (κ3) is 3.84. The molecule has 0 spiro atoms. The zero-order valence-electron chi connectivity index (χ0n) is 16.1. The van der Waals surface area contributed by atoms with E-state index in [1.807, 2.05) is 24.3 Å². The van der Waals surface area contributed by atoms with Crippen molar-refractivity contribution in [2.75, 3.05) is 4.90 Å². The van der Waals surface area contributed by atoms with Gasteiger partial charge in [-0.15, -0.1) is 0 Å². The molecule has 0 heterocycles. The molecule has 3 nitrogen and oxygen atoms in total. The number of aryl methyl sites for hydroxylation is 1. The Morgan fingerprint density at radius 1 is 0.852 bits per heavy atom. The minimum atomic E-state index is -0.595. The maximum Gasteiger partial charge on any atom is 0.245 e. The molecule has 0 saturated carbocycles. The van der Waals surface area contributed by atoms with Gasteiger partial charge in [-0.3, -0.25) is 9.59 Å². The molecule has 0 amide bonds. The van der Waals surface area contributed by atoms with E-state index in [4.69, 9.17) is 11.6 Å². The summed E-state index contributed by atoms with van der Waals surface area (Å²) < 4.78 is 0. The highest BCUT2D eigenvalue weighted by molar-refractivity contribution is 6.34. The van der Waals surface area contributed by atoms with E-state index in [9.17, 15) is 9.59 Å². The average molecular weight is 382 g/mol. The second-order valence-electron chi connectivity index (χ2n) is 7.58. The van der Waals surface area contributed by atoms with Crippen LogP contribution in [0.15, 0.2) is 58.1 Å². The highest BCUT2D eigenvalue weighted by atomic mass is 35.5. The molecule has 1 atom stereocenters. The van der Waals surface area contributed by atoms with Crippen molar-refractivity contribution < 1.29 is 0 Å². The van der Waals surface area contributed by atoms with Crippen LogP contribution in [0.25, 0.3) is 11.1 Å². The first-order chi connectivity index (χ1) is 12.8. The van der Waals surface area contributed by atoms with Crippen LogP contribution in [-0.4, -0.2) is 6.04 Å². The molecule has 0 aliphatic carbocycles. The molecule has 0 aliphatic heterocycles. The largest absolute Gasteiger partial charge is 0.339 e. The lowest BCUT2D eigenvalue weighted by molar-refractivity contribution is 0.513. The van der Waals surface area contributed by atoms with Gasteiger partial charge in [0.25, 0.3) is 0 Å². The monoisotopic (exact) mass is 381 g/mol. The summed E-state index contributed by atoms with van der Waals surface area (Å²) in [5.41, 5.74) is 3.32. The van der Waals surface area contributed by atoms with Gasteiger partial charge in [0, 0.05) is 17.4 Å². The molecule has 3 rings (SSSR count). The fourth-order valence-corrected chi connectivity index (χ4v) is 3.84. The van der Waals surface area contributed by atoms with Crippen molar-refractivity contribution in [1.29, 1.82) is 0 Å². The number of hydrogen-bond acceptors (Lipinski definition) is 3. The number of benzene rings is 2. The summed E-state index contributed by atoms with van der Waals surface area (Å²) in [7, 11) is 0. The van der Waals surface area contributed by atoms with Crippen LogP contribution in [-0.2, 0) is 0 Å². The lowest BCUT2D eigenvalue weighted by Gasteiger charge is -2.33. The molecule has 0 aromatic heterocycles. The zero-order chi connectivity index (χ0) is 19.7. The van der Waals surface area contributed by atoms with Crippen molar-refractivity contribution in [2.24, 2.45) is 5.92 Å². The van der Waals surface area contributed by atoms with Crippen LogP contribution in [0.3, 0.4) is 0 Å². The van der Waals surface area contributed by atoms with Gasteiger partial charge in [-0.05, 0) is 56.0 Å². The molecule has 0 saturated heterocycles. The van der Waals surface area contributed by atoms with Crippen LogP contribution in [0, 0.1) is 12.8 Å². The highest BCUT2D eigenvalue weighted by Crippen LogP contribution is 2.32. The van der Waals surface area contributed by atoms with Gasteiger partial charge in [-0.2, -0.15) is 0 Å². The number of rotatable bonds is 6. The van der Waals surface area contributed by atoms with Gasteiger partial charge in [0.1, 0.15) is 5.02 Å². The minimum absolute atomic E-state index is 0.0383. The number of hydrogen-bond donors (Lipinski definition) is 0. The molecule has 0 fully saturated rings. The van der Waals surface area contributed by atoms with Gasteiger partial charge in [0.2, 0.25) is 10.9 Å². The van der Waals surface area contributed by atoms with Gasteiger partial charge in [0.05, 0.1) is 5.56 Å². The minimum Gasteiger partial charge on any atom is -0.339 e. The van der Waals surface area contributed by atoms with E-state index in [1.54, 1.807) is 0 Å². The van der Waals surface area contributed by atoms with Crippen LogP contribution < -0.4 is 15.8 Å². The van der Waals surface area contributed by atoms with E-state index >= 15 is 0 Å². The van der Waals surface area contributed by atoms with Crippen LogP contribution in [0.2, 0.25) is 5.02 Å². The van der Waals surface area contributed by atoms with Crippen molar-refractivity contribution >= 4 is 23.0 Å². The Labute approximate surface area is 164 Å². The first kappa shape index (κ1) is 19.4. The van der Waals surface area contributed by atoms with E-state index in [0.29, 0.717) is 23.1 Å². The molecule has 0 aliphatic rings. The smallest absolute Gasteiger partial charge is 0.245 e. The Kier molecular flexibility index (Phi) is 5.52. The second-order valence-corrected chi connectivity index (χ2v) is 7.96. The average Bonchev–Trinajstić information content (AvgIpc) is 2.64. The van der Waals surface area contributed by atoms with Crippen LogP contribution >= 0.6 is 11.6 Å². The molecule has 4 heteroatoms. The molecular weight excluding hydrogens is 358 g/mol. The molecule has 140 valence electrons. The zero-order valence-corrected chi connectivity index (χ0v) is 16.9. The van der Waals surface area contributed by atoms with Crippen LogP contribution in [0.4, 0.5) is 11.4 Å². The lowest BCUT2D eigenvalue weighted by atomic mass is 9.99. The first-order valence-electron chi connectivity index (χ1n) is 9.24. The predicted octanol–water partition coefficient (Wildman–Crippen LogP) is 5.48. The molecule has 0 N–H and O–H groups in total. The molecule has 3 aromatic carbocycles. The Morgan fingerprint density at radius 3 is 1.85 bits per heavy atom. The van der Waals surface area contributed by atoms with Crippen LogP contribution in [0.1, 0.15) is 32.8 Å². The third-order valence-electron chi connectivity index (χ3n) is 4.85. The van der Waals surface area contributed by atoms with Crippen molar-refractivity contribution in [3.05, 3.63) is 79.6 Å². The summed E-state index contributed by atoms with van der Waals surface area (Å²) in [5.74, 6) is 0.579. The number of anilines is 2. The summed E-state index contributed by atoms with van der Waals surface area (Å²) in [5, 5.41) is 0.0383. The first-order valence-corrected chi connectivity index (χ1v) is 9.62. The van der Waals surface area contributed by atoms with Gasteiger partial charge in [-0.1, -0.05) is 55.3 Å². The molecule has 1 unspecified atom stereocenters. The summed E-state index contributed by atoms with van der Waals surface area (Å²) >= 11 is 5.91. The summed E-state index contributed by atoms with van der Waals surface area (Å²) in [6, 6.07) is 16.5. The van der Waals surface area contributed by atoms with Crippen LogP contribution in [0.5, 0.6) is 0 Å². The Balaban J connectivity index is 1.98. The Bertz CT molecular complexity index is 997. The Hall–Kier alpha value is -2.39. The van der Waals surface area contributed by atoms with Crippen molar-refractivity contribution in [3.8, 4) is 11.1 Å². The maximum absolute atomic E-state index is 11.8. The summed E-state index contributed by atoms with van der Waals surface area (Å²) in [4.78, 5) is 25.5. The fourth-order valence-electron chi connectivity index (χ4n) is 3.56. The standard InChI is InChI=1S/C23H24ClNO2/c1-14(2)13-16(4)25(18-9-5-15(3)6-10-18)19-11-7-17(8-12-19)20-21(24)23(27)22(20)26/h5-12,14,16H,13H2,1-4H3. The number of nitrogens with zero attached hydrogens (tertiary/aromatic N) is 1. The second kappa shape index (κ2) is 7.69. The van der Waals surface area contributed by atoms with Gasteiger partial charge < -0.3 is 4.90 Å². The SMILES string of the molecule is Cc1ccc(N(c2ccc(-c3c(Cl)c(=O)c3=O)cc2)C(C)CC(C)C)cc1. The topological polar surface area (TPSA) is 37.4 Å². The van der Waals surface area contributed by atoms with Gasteiger partial charge >= 0.3 is 0 Å². The molecule has 27 heavy (non-hydrogen) atoms. The van der Waals surface area contributed by atoms with Crippen molar-refractivity contribution in [1.82, 2.24) is 0 Å². The summed E-state index contributed by atoms with van der Waals surface area (Å²) in [6.07, 6.45) is 1.06. The molecule has 0 radical (unpaired) electrons. The van der Waals surface area contributed by atoms with Crippen molar-refractivity contribution in [2.45, 2.75) is 40.2 Å². The van der Waals surface area contributed by atoms with E-state index in [-0.39, 0.29) is 5.02 Å². The quantitative estimate of drug-likeness (QED) is 0.530. The third-order valence-corrected chi connectivity index (χ3v) is 5.21. The molecule has 0 bridgehead atoms. The highest BCUT2D eigenvalue weighted by Gasteiger charge is 2.22. The van der Waals surface area contributed by atoms with E-state index in [2.05, 4.69) is 56.9 Å². The van der Waals surface area contributed by atoms with E-state index in [0.717, 1.165) is 17.8 Å². The lowest BCUT2D eigenvalue weighted by Crippen LogP contribution is -2.33. The van der Waals surface area contributed by atoms with Gasteiger partial charge in [-0.25, -0.2) is 0 Å². The van der Waals surface area contributed by atoms with E-state index < -0.39 is 10.9 Å². The normalized spacial score (nSPS) is 12.5. The van der Waals surface area contributed by atoms with E-state index in [1.165, 1.54) is 5.56 Å². The molecule has 3 aromatic rings. The predicted molar refractivity (Wildman–Crippen MR) is 114 cm³/mol. The fraction of sp³-hybridized carbons (Fsp3) is 0.304. The Morgan fingerprint density at radius 2 is 1.37 bits per heavy atom. The maximum atomic E-state index is 11.8. The van der Waals surface area contributed by atoms with Gasteiger partial charge in [0.15, 0.2) is 0 Å². The number of halogens is 1. The summed E-state index contributed by atoms with van der Waals surface area (Å²) in [6.45, 7) is 8.75.